The lowest BCUT2D eigenvalue weighted by Crippen LogP contribution is -2.13. The molecule has 0 rings (SSSR count). The lowest BCUT2D eigenvalue weighted by atomic mass is 10.3. The van der Waals surface area contributed by atoms with Gasteiger partial charge in [0.15, 0.2) is 0 Å². The minimum absolute atomic E-state index is 0.333. The van der Waals surface area contributed by atoms with Crippen LogP contribution in [0.3, 0.4) is 0 Å². The zero-order valence-corrected chi connectivity index (χ0v) is 8.07. The molecule has 0 saturated heterocycles. The molecular formula is C6H11F3S2. The predicted molar refractivity (Wildman–Crippen MR) is 45.9 cm³/mol. The zero-order valence-electron chi connectivity index (χ0n) is 6.44. The van der Waals surface area contributed by atoms with E-state index in [0.717, 1.165) is 5.75 Å². The van der Waals surface area contributed by atoms with E-state index in [2.05, 4.69) is 0 Å². The van der Waals surface area contributed by atoms with E-state index in [-0.39, 0.29) is 5.25 Å². The van der Waals surface area contributed by atoms with Gasteiger partial charge in [-0.25, -0.2) is 0 Å². The third kappa shape index (κ3) is 8.40. The molecule has 1 unspecified atom stereocenters. The Hall–Kier alpha value is 0.490. The first-order chi connectivity index (χ1) is 4.95. The molecule has 0 fully saturated rings. The van der Waals surface area contributed by atoms with Crippen LogP contribution in [0.25, 0.3) is 0 Å². The Balaban J connectivity index is 3.44. The first-order valence-corrected chi connectivity index (χ1v) is 5.69. The third-order valence-electron chi connectivity index (χ3n) is 0.869. The van der Waals surface area contributed by atoms with Gasteiger partial charge in [-0.1, -0.05) is 35.4 Å². The van der Waals surface area contributed by atoms with E-state index in [1.165, 1.54) is 21.6 Å². The summed E-state index contributed by atoms with van der Waals surface area (Å²) in [5.41, 5.74) is 0. The first kappa shape index (κ1) is 11.5. The molecule has 0 aromatic rings. The smallest absolute Gasteiger partial charge is 0.171 e. The van der Waals surface area contributed by atoms with Gasteiger partial charge in [-0.2, -0.15) is 13.2 Å². The third-order valence-corrected chi connectivity index (χ3v) is 3.84. The molecule has 0 aromatic heterocycles. The molecule has 0 aromatic carbocycles. The summed E-state index contributed by atoms with van der Waals surface area (Å²) in [6.45, 7) is 3.53. The number of hydrogen-bond acceptors (Lipinski definition) is 2. The van der Waals surface area contributed by atoms with E-state index >= 15 is 0 Å². The van der Waals surface area contributed by atoms with Gasteiger partial charge in [0.25, 0.3) is 0 Å². The molecule has 0 aliphatic rings. The van der Waals surface area contributed by atoms with Crippen LogP contribution in [0.2, 0.25) is 0 Å². The second-order valence-electron chi connectivity index (χ2n) is 2.13. The Kier molecular flexibility index (Phi) is 5.42. The maximum atomic E-state index is 11.7. The second kappa shape index (κ2) is 5.19. The summed E-state index contributed by atoms with van der Waals surface area (Å²) in [4.78, 5) is 0. The van der Waals surface area contributed by atoms with Crippen molar-refractivity contribution in [2.24, 2.45) is 0 Å². The summed E-state index contributed by atoms with van der Waals surface area (Å²) < 4.78 is 35.1. The molecule has 0 nitrogen and oxygen atoms in total. The summed E-state index contributed by atoms with van der Waals surface area (Å²) in [5.74, 6) is 0.854. The number of alkyl halides is 3. The molecular weight excluding hydrogens is 193 g/mol. The van der Waals surface area contributed by atoms with Gasteiger partial charge in [-0.15, -0.1) is 0 Å². The van der Waals surface area contributed by atoms with Crippen molar-refractivity contribution in [2.75, 3.05) is 5.75 Å². The van der Waals surface area contributed by atoms with Crippen molar-refractivity contribution in [1.29, 1.82) is 0 Å². The highest BCUT2D eigenvalue weighted by Crippen LogP contribution is 2.33. The highest BCUT2D eigenvalue weighted by molar-refractivity contribution is 8.76. The maximum absolute atomic E-state index is 11.7. The summed E-state index contributed by atoms with van der Waals surface area (Å²) >= 11 is 0. The Morgan fingerprint density at radius 2 is 1.91 bits per heavy atom. The van der Waals surface area contributed by atoms with Crippen LogP contribution in [-0.4, -0.2) is 17.2 Å². The molecule has 5 heteroatoms. The van der Waals surface area contributed by atoms with Crippen molar-refractivity contribution in [3.05, 3.63) is 0 Å². The van der Waals surface area contributed by atoms with Crippen LogP contribution in [0.5, 0.6) is 0 Å². The minimum atomic E-state index is -4.01. The Morgan fingerprint density at radius 3 is 2.27 bits per heavy atom. The fraction of sp³-hybridized carbons (Fsp3) is 1.00. The largest absolute Gasteiger partial charge is 0.390 e. The first-order valence-electron chi connectivity index (χ1n) is 3.30. The highest BCUT2D eigenvalue weighted by Gasteiger charge is 2.29. The van der Waals surface area contributed by atoms with E-state index in [0.29, 0.717) is 0 Å². The molecule has 0 N–H and O–H groups in total. The van der Waals surface area contributed by atoms with Gasteiger partial charge in [-0.05, 0) is 0 Å². The summed E-state index contributed by atoms with van der Waals surface area (Å²) in [5, 5.41) is -0.333. The lowest BCUT2D eigenvalue weighted by molar-refractivity contribution is -0.133. The molecule has 0 amide bonds. The molecule has 0 bridgehead atoms. The average molecular weight is 204 g/mol. The normalized spacial score (nSPS) is 15.0. The highest BCUT2D eigenvalue weighted by atomic mass is 33.1. The van der Waals surface area contributed by atoms with Gasteiger partial charge >= 0.3 is 6.18 Å². The minimum Gasteiger partial charge on any atom is -0.171 e. The Morgan fingerprint density at radius 1 is 1.36 bits per heavy atom. The van der Waals surface area contributed by atoms with E-state index in [4.69, 9.17) is 0 Å². The standard InChI is InChI=1S/C6H11F3S2/c1-3-10-11-5(2)4-6(7,8)9/h5H,3-4H2,1-2H3. The van der Waals surface area contributed by atoms with Crippen LogP contribution >= 0.6 is 21.6 Å². The van der Waals surface area contributed by atoms with Crippen molar-refractivity contribution >= 4 is 21.6 Å². The van der Waals surface area contributed by atoms with Gasteiger partial charge < -0.3 is 0 Å². The van der Waals surface area contributed by atoms with Crippen LogP contribution in [0, 0.1) is 0 Å². The molecule has 0 aliphatic carbocycles. The van der Waals surface area contributed by atoms with Crippen LogP contribution in [0.4, 0.5) is 13.2 Å². The predicted octanol–water partition coefficient (Wildman–Crippen LogP) is 3.73. The lowest BCUT2D eigenvalue weighted by Gasteiger charge is -2.11. The average Bonchev–Trinajstić information content (AvgIpc) is 1.79. The van der Waals surface area contributed by atoms with Gasteiger partial charge in [0.05, 0.1) is 6.42 Å². The molecule has 0 heterocycles. The van der Waals surface area contributed by atoms with Crippen LogP contribution < -0.4 is 0 Å². The van der Waals surface area contributed by atoms with Crippen molar-refractivity contribution in [3.63, 3.8) is 0 Å². The van der Waals surface area contributed by atoms with Crippen molar-refractivity contribution in [1.82, 2.24) is 0 Å². The van der Waals surface area contributed by atoms with E-state index < -0.39 is 12.6 Å². The van der Waals surface area contributed by atoms with E-state index in [9.17, 15) is 13.2 Å². The summed E-state index contributed by atoms with van der Waals surface area (Å²) in [6, 6.07) is 0. The second-order valence-corrected chi connectivity index (χ2v) is 5.23. The molecule has 11 heavy (non-hydrogen) atoms. The molecule has 0 radical (unpaired) electrons. The van der Waals surface area contributed by atoms with Crippen LogP contribution in [-0.2, 0) is 0 Å². The van der Waals surface area contributed by atoms with Crippen LogP contribution in [0.15, 0.2) is 0 Å². The zero-order chi connectivity index (χ0) is 8.91. The number of hydrogen-bond donors (Lipinski definition) is 0. The van der Waals surface area contributed by atoms with Crippen molar-refractivity contribution in [3.8, 4) is 0 Å². The number of rotatable bonds is 4. The van der Waals surface area contributed by atoms with Gasteiger partial charge in [0, 0.05) is 11.0 Å². The fourth-order valence-electron chi connectivity index (χ4n) is 0.544. The summed E-state index contributed by atoms with van der Waals surface area (Å²) in [6.07, 6.45) is -4.70. The maximum Gasteiger partial charge on any atom is 0.390 e. The molecule has 1 atom stereocenters. The Labute approximate surface area is 72.7 Å². The van der Waals surface area contributed by atoms with Gasteiger partial charge in [0.2, 0.25) is 0 Å². The topological polar surface area (TPSA) is 0 Å². The van der Waals surface area contributed by atoms with Crippen molar-refractivity contribution < 1.29 is 13.2 Å². The monoisotopic (exact) mass is 204 g/mol. The summed E-state index contributed by atoms with van der Waals surface area (Å²) in [7, 11) is 2.77. The molecule has 0 aliphatic heterocycles. The molecule has 0 spiro atoms. The van der Waals surface area contributed by atoms with Crippen molar-refractivity contribution in [2.45, 2.75) is 31.7 Å². The van der Waals surface area contributed by atoms with Gasteiger partial charge in [0.1, 0.15) is 0 Å². The fourth-order valence-corrected chi connectivity index (χ4v) is 2.48. The SMILES string of the molecule is CCSSC(C)CC(F)(F)F. The van der Waals surface area contributed by atoms with Gasteiger partial charge in [-0.3, -0.25) is 0 Å². The van der Waals surface area contributed by atoms with E-state index in [1.807, 2.05) is 6.92 Å². The quantitative estimate of drug-likeness (QED) is 0.640. The molecule has 68 valence electrons. The number of halogens is 3. The van der Waals surface area contributed by atoms with E-state index in [1.54, 1.807) is 6.92 Å². The Bertz CT molecular complexity index is 102. The van der Waals surface area contributed by atoms with Crippen LogP contribution in [0.1, 0.15) is 20.3 Å². The molecule has 0 saturated carbocycles.